The lowest BCUT2D eigenvalue weighted by atomic mass is 10.0. The van der Waals surface area contributed by atoms with Gasteiger partial charge in [0.15, 0.2) is 5.01 Å². The average Bonchev–Trinajstić information content (AvgIpc) is 3.24. The van der Waals surface area contributed by atoms with Gasteiger partial charge in [-0.05, 0) is 12.3 Å². The van der Waals surface area contributed by atoms with Gasteiger partial charge < -0.3 is 19.3 Å². The summed E-state index contributed by atoms with van der Waals surface area (Å²) >= 11 is 1.10. The average molecular weight is 467 g/mol. The molecule has 0 saturated carbocycles. The van der Waals surface area contributed by atoms with Crippen molar-refractivity contribution in [2.24, 2.45) is 0 Å². The lowest BCUT2D eigenvalue weighted by Crippen LogP contribution is -2.54. The molecule has 1 fully saturated rings. The van der Waals surface area contributed by atoms with Gasteiger partial charge in [0.2, 0.25) is 5.91 Å². The van der Waals surface area contributed by atoms with Gasteiger partial charge in [0, 0.05) is 36.5 Å². The molecule has 11 heteroatoms. The summed E-state index contributed by atoms with van der Waals surface area (Å²) in [4.78, 5) is 31.7. The number of hydrogen-bond acceptors (Lipinski definition) is 6. The number of halogens is 3. The van der Waals surface area contributed by atoms with Gasteiger partial charge in [0.05, 0.1) is 25.9 Å². The Hall–Kier alpha value is -3.26. The van der Waals surface area contributed by atoms with E-state index in [1.807, 2.05) is 0 Å². The summed E-state index contributed by atoms with van der Waals surface area (Å²) in [6, 6.07) is 4.01. The molecule has 1 saturated heterocycles. The number of thiazole rings is 1. The van der Waals surface area contributed by atoms with Gasteiger partial charge in [0.25, 0.3) is 5.91 Å². The summed E-state index contributed by atoms with van der Waals surface area (Å²) in [6.45, 7) is -1.67. The third-order valence-electron chi connectivity index (χ3n) is 4.89. The Morgan fingerprint density at radius 2 is 1.97 bits per heavy atom. The number of benzene rings is 1. The zero-order chi connectivity index (χ0) is 23.5. The Kier molecular flexibility index (Phi) is 6.93. The van der Waals surface area contributed by atoms with Crippen molar-refractivity contribution in [2.75, 3.05) is 32.2 Å². The molecule has 1 unspecified atom stereocenters. The summed E-state index contributed by atoms with van der Waals surface area (Å²) in [5, 5.41) is 1.79. The number of amides is 2. The van der Waals surface area contributed by atoms with E-state index in [1.165, 1.54) is 24.5 Å². The fourth-order valence-corrected chi connectivity index (χ4v) is 4.06. The second kappa shape index (κ2) is 9.48. The summed E-state index contributed by atoms with van der Waals surface area (Å²) in [5.74, 6) is 1.96. The predicted molar refractivity (Wildman–Crippen MR) is 112 cm³/mol. The number of methoxy groups -OCH3 is 2. The first-order valence-electron chi connectivity index (χ1n) is 9.48. The van der Waals surface area contributed by atoms with Crippen LogP contribution in [-0.2, 0) is 4.79 Å². The highest BCUT2D eigenvalue weighted by atomic mass is 32.1. The Labute approximate surface area is 186 Å². The Morgan fingerprint density at radius 1 is 1.31 bits per heavy atom. The standard InChI is InChI=1S/C21H20F3N3O4S/c1-4-18-25-17(11-32-18)20(29)27(14-7-15(30-2)9-16(8-14)31-3)13-5-6-19(28)26(10-13)12-21(22,23)24/h1,7-9,11,13H,5-6,10,12H2,2-3H3. The van der Waals surface area contributed by atoms with Gasteiger partial charge in [-0.1, -0.05) is 0 Å². The molecule has 1 aliphatic rings. The van der Waals surface area contributed by atoms with E-state index < -0.39 is 30.6 Å². The van der Waals surface area contributed by atoms with Crippen LogP contribution in [0.1, 0.15) is 28.3 Å². The number of alkyl halides is 3. The molecule has 3 rings (SSSR count). The van der Waals surface area contributed by atoms with Crippen LogP contribution in [0.4, 0.5) is 18.9 Å². The molecule has 0 spiro atoms. The Balaban J connectivity index is 2.03. The van der Waals surface area contributed by atoms with Crippen molar-refractivity contribution in [3.8, 4) is 23.8 Å². The summed E-state index contributed by atoms with van der Waals surface area (Å²) in [7, 11) is 2.88. The Morgan fingerprint density at radius 3 is 2.50 bits per heavy atom. The normalized spacial score (nSPS) is 16.4. The van der Waals surface area contributed by atoms with Crippen LogP contribution in [0, 0.1) is 12.3 Å². The van der Waals surface area contributed by atoms with E-state index in [0.29, 0.717) is 22.2 Å². The fourth-order valence-electron chi connectivity index (χ4n) is 3.46. The number of aromatic nitrogens is 1. The van der Waals surface area contributed by atoms with Crippen LogP contribution in [0.15, 0.2) is 23.6 Å². The molecule has 1 aliphatic heterocycles. The zero-order valence-corrected chi connectivity index (χ0v) is 18.1. The van der Waals surface area contributed by atoms with Crippen LogP contribution in [0.25, 0.3) is 0 Å². The highest BCUT2D eigenvalue weighted by Crippen LogP contribution is 2.33. The molecular weight excluding hydrogens is 447 g/mol. The molecule has 7 nitrogen and oxygen atoms in total. The number of carbonyl (C=O) groups excluding carboxylic acids is 2. The third kappa shape index (κ3) is 5.31. The molecule has 2 amide bonds. The summed E-state index contributed by atoms with van der Waals surface area (Å²) < 4.78 is 49.5. The molecule has 32 heavy (non-hydrogen) atoms. The van der Waals surface area contributed by atoms with Gasteiger partial charge in [0.1, 0.15) is 23.7 Å². The van der Waals surface area contributed by atoms with E-state index in [1.54, 1.807) is 18.2 Å². The van der Waals surface area contributed by atoms with Crippen molar-refractivity contribution >= 4 is 28.8 Å². The highest BCUT2D eigenvalue weighted by Gasteiger charge is 2.39. The number of terminal acetylenes is 1. The summed E-state index contributed by atoms with van der Waals surface area (Å²) in [6.07, 6.45) is 0.856. The predicted octanol–water partition coefficient (Wildman–Crippen LogP) is 3.34. The van der Waals surface area contributed by atoms with Crippen LogP contribution < -0.4 is 14.4 Å². The largest absolute Gasteiger partial charge is 0.497 e. The minimum atomic E-state index is -4.55. The minimum Gasteiger partial charge on any atom is -0.497 e. The monoisotopic (exact) mass is 467 g/mol. The number of carbonyl (C=O) groups is 2. The SMILES string of the molecule is C#Cc1nc(C(=O)N(c2cc(OC)cc(OC)c2)C2CCC(=O)N(CC(F)(F)F)C2)cs1. The lowest BCUT2D eigenvalue weighted by molar-refractivity contribution is -0.163. The van der Waals surface area contributed by atoms with Crippen LogP contribution >= 0.6 is 11.3 Å². The van der Waals surface area contributed by atoms with Crippen molar-refractivity contribution in [1.82, 2.24) is 9.88 Å². The molecule has 2 aromatic rings. The maximum atomic E-state index is 13.4. The van der Waals surface area contributed by atoms with E-state index in [9.17, 15) is 22.8 Å². The lowest BCUT2D eigenvalue weighted by Gasteiger charge is -2.39. The van der Waals surface area contributed by atoms with E-state index in [0.717, 1.165) is 16.2 Å². The van der Waals surface area contributed by atoms with Gasteiger partial charge in [-0.3, -0.25) is 9.59 Å². The van der Waals surface area contributed by atoms with Gasteiger partial charge >= 0.3 is 6.18 Å². The molecule has 0 aliphatic carbocycles. The highest BCUT2D eigenvalue weighted by molar-refractivity contribution is 7.10. The zero-order valence-electron chi connectivity index (χ0n) is 17.3. The maximum absolute atomic E-state index is 13.4. The molecule has 2 heterocycles. The van der Waals surface area contributed by atoms with Crippen LogP contribution in [0.2, 0.25) is 0 Å². The topological polar surface area (TPSA) is 72.0 Å². The van der Waals surface area contributed by atoms with Gasteiger partial charge in [-0.25, -0.2) is 4.98 Å². The van der Waals surface area contributed by atoms with Crippen molar-refractivity contribution in [2.45, 2.75) is 25.1 Å². The summed E-state index contributed by atoms with van der Waals surface area (Å²) in [5.41, 5.74) is 0.400. The van der Waals surface area contributed by atoms with Crippen LogP contribution in [0.5, 0.6) is 11.5 Å². The molecule has 170 valence electrons. The quantitative estimate of drug-likeness (QED) is 0.610. The molecular formula is C21H20F3N3O4S. The number of likely N-dealkylation sites (tertiary alicyclic amines) is 1. The number of piperidine rings is 1. The third-order valence-corrected chi connectivity index (χ3v) is 5.66. The molecule has 0 radical (unpaired) electrons. The Bertz CT molecular complexity index is 1030. The van der Waals surface area contributed by atoms with Crippen molar-refractivity contribution in [3.63, 3.8) is 0 Å². The molecule has 1 atom stereocenters. The number of hydrogen-bond donors (Lipinski definition) is 0. The van der Waals surface area contributed by atoms with Crippen molar-refractivity contribution in [1.29, 1.82) is 0 Å². The number of anilines is 1. The second-order valence-electron chi connectivity index (χ2n) is 7.01. The first-order valence-corrected chi connectivity index (χ1v) is 10.4. The van der Waals surface area contributed by atoms with Crippen LogP contribution in [0.3, 0.4) is 0 Å². The maximum Gasteiger partial charge on any atom is 0.406 e. The van der Waals surface area contributed by atoms with E-state index in [-0.39, 0.29) is 25.1 Å². The first-order chi connectivity index (χ1) is 15.1. The van der Waals surface area contributed by atoms with E-state index >= 15 is 0 Å². The number of nitrogens with zero attached hydrogens (tertiary/aromatic N) is 3. The molecule has 1 aromatic carbocycles. The number of ether oxygens (including phenoxy) is 2. The van der Waals surface area contributed by atoms with Crippen molar-refractivity contribution < 1.29 is 32.2 Å². The number of rotatable bonds is 6. The molecule has 1 aromatic heterocycles. The van der Waals surface area contributed by atoms with Gasteiger partial charge in [-0.2, -0.15) is 13.2 Å². The minimum absolute atomic E-state index is 0.0593. The first kappa shape index (κ1) is 23.4. The smallest absolute Gasteiger partial charge is 0.406 e. The van der Waals surface area contributed by atoms with Crippen molar-refractivity contribution in [3.05, 3.63) is 34.3 Å². The molecule has 0 N–H and O–H groups in total. The van der Waals surface area contributed by atoms with E-state index in [2.05, 4.69) is 10.9 Å². The van der Waals surface area contributed by atoms with Crippen LogP contribution in [-0.4, -0.2) is 61.2 Å². The molecule has 0 bridgehead atoms. The van der Waals surface area contributed by atoms with E-state index in [4.69, 9.17) is 15.9 Å². The van der Waals surface area contributed by atoms with Gasteiger partial charge in [-0.15, -0.1) is 17.8 Å². The second-order valence-corrected chi connectivity index (χ2v) is 7.87. The fraction of sp³-hybridized carbons (Fsp3) is 0.381.